The van der Waals surface area contributed by atoms with Crippen LogP contribution in [0.3, 0.4) is 0 Å². The maximum Gasteiger partial charge on any atom is -0.0201 e. The molecule has 0 aromatic carbocycles. The molecule has 0 amide bonds. The Kier molecular flexibility index (Phi) is 4.10. The summed E-state index contributed by atoms with van der Waals surface area (Å²) in [4.78, 5) is 0. The van der Waals surface area contributed by atoms with Gasteiger partial charge >= 0.3 is 0 Å². The first kappa shape index (κ1) is 12.2. The maximum atomic E-state index is 2.44. The lowest BCUT2D eigenvalue weighted by atomic mass is 9.86. The minimum Gasteiger partial charge on any atom is -0.0882 e. The van der Waals surface area contributed by atoms with Crippen molar-refractivity contribution in [3.8, 4) is 0 Å². The van der Waals surface area contributed by atoms with Gasteiger partial charge in [0.1, 0.15) is 0 Å². The van der Waals surface area contributed by atoms with Crippen molar-refractivity contribution in [3.05, 3.63) is 11.6 Å². The zero-order chi connectivity index (χ0) is 11.5. The molecule has 2 rings (SSSR count). The molecule has 0 spiro atoms. The number of allylic oxidation sites excluding steroid dienone is 2. The summed E-state index contributed by atoms with van der Waals surface area (Å²) in [6.45, 7) is 6.99. The van der Waals surface area contributed by atoms with Crippen LogP contribution in [0.4, 0.5) is 0 Å². The molecule has 0 aromatic rings. The number of rotatable bonds is 3. The highest BCUT2D eigenvalue weighted by atomic mass is 14.4. The van der Waals surface area contributed by atoms with Crippen molar-refractivity contribution in [2.24, 2.45) is 23.7 Å². The summed E-state index contributed by atoms with van der Waals surface area (Å²) in [6, 6.07) is 0. The largest absolute Gasteiger partial charge is 0.0882 e. The fourth-order valence-electron chi connectivity index (χ4n) is 4.19. The van der Waals surface area contributed by atoms with Gasteiger partial charge in [0.2, 0.25) is 0 Å². The van der Waals surface area contributed by atoms with Gasteiger partial charge < -0.3 is 0 Å². The van der Waals surface area contributed by atoms with Crippen molar-refractivity contribution in [1.82, 2.24) is 0 Å². The molecule has 0 N–H and O–H groups in total. The van der Waals surface area contributed by atoms with E-state index in [1.165, 1.54) is 44.9 Å². The van der Waals surface area contributed by atoms with E-state index in [1.807, 2.05) is 0 Å². The molecule has 0 heterocycles. The standard InChI is InChI=1S/C16H28/c1-4-13(5-2)15-8-9-16(11-15)14-7-6-12(3)10-14/h4,12,14-16H,5-11H2,1-3H3/b13-4+. The Hall–Kier alpha value is -0.260. The van der Waals surface area contributed by atoms with Gasteiger partial charge in [-0.25, -0.2) is 0 Å². The van der Waals surface area contributed by atoms with Crippen molar-refractivity contribution in [1.29, 1.82) is 0 Å². The Morgan fingerprint density at radius 3 is 2.31 bits per heavy atom. The van der Waals surface area contributed by atoms with E-state index in [0.29, 0.717) is 0 Å². The molecule has 0 nitrogen and oxygen atoms in total. The van der Waals surface area contributed by atoms with E-state index in [2.05, 4.69) is 26.8 Å². The molecule has 4 atom stereocenters. The number of hydrogen-bond acceptors (Lipinski definition) is 0. The molecule has 2 saturated carbocycles. The van der Waals surface area contributed by atoms with Gasteiger partial charge in [0.05, 0.1) is 0 Å². The van der Waals surface area contributed by atoms with E-state index in [0.717, 1.165) is 23.7 Å². The Bertz CT molecular complexity index is 251. The molecule has 0 aromatic heterocycles. The molecular weight excluding hydrogens is 192 g/mol. The van der Waals surface area contributed by atoms with Crippen LogP contribution < -0.4 is 0 Å². The smallest absolute Gasteiger partial charge is 0.0201 e. The molecule has 16 heavy (non-hydrogen) atoms. The van der Waals surface area contributed by atoms with E-state index in [4.69, 9.17) is 0 Å². The Morgan fingerprint density at radius 2 is 1.75 bits per heavy atom. The Morgan fingerprint density at radius 1 is 1.06 bits per heavy atom. The van der Waals surface area contributed by atoms with Crippen LogP contribution in [0, 0.1) is 23.7 Å². The van der Waals surface area contributed by atoms with Crippen LogP contribution in [0.15, 0.2) is 11.6 Å². The summed E-state index contributed by atoms with van der Waals surface area (Å²) in [5, 5.41) is 0. The first-order valence-electron chi connectivity index (χ1n) is 7.39. The van der Waals surface area contributed by atoms with Crippen LogP contribution in [0.2, 0.25) is 0 Å². The van der Waals surface area contributed by atoms with E-state index in [-0.39, 0.29) is 0 Å². The van der Waals surface area contributed by atoms with Crippen molar-refractivity contribution in [2.45, 2.75) is 65.7 Å². The van der Waals surface area contributed by atoms with Crippen molar-refractivity contribution >= 4 is 0 Å². The van der Waals surface area contributed by atoms with Crippen LogP contribution in [0.1, 0.15) is 65.7 Å². The van der Waals surface area contributed by atoms with E-state index in [9.17, 15) is 0 Å². The zero-order valence-electron chi connectivity index (χ0n) is 11.3. The molecule has 0 heteroatoms. The second-order valence-electron chi connectivity index (χ2n) is 6.17. The fraction of sp³-hybridized carbons (Fsp3) is 0.875. The molecule has 0 bridgehead atoms. The molecule has 2 aliphatic carbocycles. The molecule has 0 saturated heterocycles. The summed E-state index contributed by atoms with van der Waals surface area (Å²) >= 11 is 0. The van der Waals surface area contributed by atoms with E-state index in [1.54, 1.807) is 5.57 Å². The monoisotopic (exact) mass is 220 g/mol. The van der Waals surface area contributed by atoms with Gasteiger partial charge in [-0.1, -0.05) is 31.9 Å². The topological polar surface area (TPSA) is 0 Å². The molecule has 92 valence electrons. The van der Waals surface area contributed by atoms with Crippen LogP contribution in [-0.4, -0.2) is 0 Å². The zero-order valence-corrected chi connectivity index (χ0v) is 11.3. The van der Waals surface area contributed by atoms with Crippen molar-refractivity contribution in [3.63, 3.8) is 0 Å². The van der Waals surface area contributed by atoms with Crippen LogP contribution in [-0.2, 0) is 0 Å². The summed E-state index contributed by atoms with van der Waals surface area (Å²) in [7, 11) is 0. The predicted molar refractivity (Wildman–Crippen MR) is 71.4 cm³/mol. The average molecular weight is 220 g/mol. The van der Waals surface area contributed by atoms with Gasteiger partial charge in [-0.3, -0.25) is 0 Å². The Balaban J connectivity index is 1.88. The molecule has 0 aliphatic heterocycles. The summed E-state index contributed by atoms with van der Waals surface area (Å²) in [6.07, 6.45) is 12.7. The fourth-order valence-corrected chi connectivity index (χ4v) is 4.19. The lowest BCUT2D eigenvalue weighted by Crippen LogP contribution is -2.09. The maximum absolute atomic E-state index is 2.44. The second-order valence-corrected chi connectivity index (χ2v) is 6.17. The van der Waals surface area contributed by atoms with Crippen molar-refractivity contribution in [2.75, 3.05) is 0 Å². The van der Waals surface area contributed by atoms with Gasteiger partial charge in [-0.05, 0) is 69.1 Å². The predicted octanol–water partition coefficient (Wildman–Crippen LogP) is 5.20. The minimum absolute atomic E-state index is 0.941. The SMILES string of the molecule is C/C=C(\CC)C1CCC(C2CCC(C)C2)C1. The molecular formula is C16H28. The third-order valence-corrected chi connectivity index (χ3v) is 5.18. The normalized spacial score (nSPS) is 40.6. The third kappa shape index (κ3) is 2.52. The van der Waals surface area contributed by atoms with E-state index >= 15 is 0 Å². The summed E-state index contributed by atoms with van der Waals surface area (Å²) in [5.74, 6) is 4.10. The quantitative estimate of drug-likeness (QED) is 0.574. The van der Waals surface area contributed by atoms with Gasteiger partial charge in [-0.2, -0.15) is 0 Å². The average Bonchev–Trinajstić information content (AvgIpc) is 2.89. The van der Waals surface area contributed by atoms with Crippen LogP contribution >= 0.6 is 0 Å². The Labute approximate surface area is 102 Å². The molecule has 2 fully saturated rings. The first-order valence-corrected chi connectivity index (χ1v) is 7.39. The lowest BCUT2D eigenvalue weighted by Gasteiger charge is -2.19. The molecule has 4 unspecified atom stereocenters. The highest BCUT2D eigenvalue weighted by Gasteiger charge is 2.34. The first-order chi connectivity index (χ1) is 7.74. The van der Waals surface area contributed by atoms with Crippen molar-refractivity contribution < 1.29 is 0 Å². The third-order valence-electron chi connectivity index (χ3n) is 5.18. The van der Waals surface area contributed by atoms with Gasteiger partial charge in [0.25, 0.3) is 0 Å². The second kappa shape index (κ2) is 5.38. The number of hydrogen-bond donors (Lipinski definition) is 0. The van der Waals surface area contributed by atoms with Crippen LogP contribution in [0.25, 0.3) is 0 Å². The molecule has 2 aliphatic rings. The lowest BCUT2D eigenvalue weighted by molar-refractivity contribution is 0.331. The highest BCUT2D eigenvalue weighted by Crippen LogP contribution is 2.46. The van der Waals surface area contributed by atoms with E-state index < -0.39 is 0 Å². The van der Waals surface area contributed by atoms with Gasteiger partial charge in [-0.15, -0.1) is 0 Å². The summed E-state index contributed by atoms with van der Waals surface area (Å²) < 4.78 is 0. The van der Waals surface area contributed by atoms with Crippen LogP contribution in [0.5, 0.6) is 0 Å². The highest BCUT2D eigenvalue weighted by molar-refractivity contribution is 5.07. The molecule has 0 radical (unpaired) electrons. The van der Waals surface area contributed by atoms with Gasteiger partial charge in [0.15, 0.2) is 0 Å². The minimum atomic E-state index is 0.941. The summed E-state index contributed by atoms with van der Waals surface area (Å²) in [5.41, 5.74) is 1.73. The van der Waals surface area contributed by atoms with Gasteiger partial charge in [0, 0.05) is 0 Å².